The van der Waals surface area contributed by atoms with Crippen LogP contribution in [0.25, 0.3) is 0 Å². The van der Waals surface area contributed by atoms with Crippen LogP contribution in [-0.2, 0) is 6.42 Å². The van der Waals surface area contributed by atoms with Crippen LogP contribution in [0, 0.1) is 0 Å². The molecule has 3 N–H and O–H groups in total. The maximum Gasteiger partial charge on any atom is 0.346 e. The van der Waals surface area contributed by atoms with Crippen molar-refractivity contribution < 1.29 is 9.90 Å². The lowest BCUT2D eigenvalue weighted by atomic mass is 10.1. The lowest BCUT2D eigenvalue weighted by molar-refractivity contribution is 0.0701. The van der Waals surface area contributed by atoms with Gasteiger partial charge in [0.05, 0.1) is 0 Å². The molecule has 0 fully saturated rings. The Balaban J connectivity index is 2.66. The summed E-state index contributed by atoms with van der Waals surface area (Å²) in [6.45, 7) is 2.08. The number of anilines is 1. The minimum absolute atomic E-state index is 0.384. The normalized spacial score (nSPS) is 12.7. The Kier molecular flexibility index (Phi) is 4.60. The van der Waals surface area contributed by atoms with E-state index in [4.69, 9.17) is 10.8 Å². The standard InChI is InChI=1S/C10H14BrNO2S/c1-6(11)3-2-4-7-8(12)5-15-9(7)10(13)14/h5-6H,2-4,12H2,1H3,(H,13,14). The van der Waals surface area contributed by atoms with E-state index in [1.807, 2.05) is 0 Å². The minimum atomic E-state index is -0.876. The number of carboxylic acids is 1. The van der Waals surface area contributed by atoms with Gasteiger partial charge in [0.15, 0.2) is 0 Å². The zero-order valence-electron chi connectivity index (χ0n) is 8.50. The molecule has 84 valence electrons. The quantitative estimate of drug-likeness (QED) is 0.819. The van der Waals surface area contributed by atoms with Gasteiger partial charge in [0.1, 0.15) is 4.88 Å². The summed E-state index contributed by atoms with van der Waals surface area (Å²) in [6.07, 6.45) is 2.72. The van der Waals surface area contributed by atoms with E-state index >= 15 is 0 Å². The van der Waals surface area contributed by atoms with E-state index in [0.717, 1.165) is 24.8 Å². The summed E-state index contributed by atoms with van der Waals surface area (Å²) in [5.41, 5.74) is 7.13. The molecule has 0 saturated carbocycles. The van der Waals surface area contributed by atoms with Crippen LogP contribution in [0.15, 0.2) is 5.38 Å². The van der Waals surface area contributed by atoms with Gasteiger partial charge >= 0.3 is 5.97 Å². The van der Waals surface area contributed by atoms with Gasteiger partial charge in [-0.05, 0) is 19.3 Å². The van der Waals surface area contributed by atoms with Crippen LogP contribution in [0.1, 0.15) is 35.0 Å². The molecule has 1 rings (SSSR count). The van der Waals surface area contributed by atoms with Gasteiger partial charge in [-0.3, -0.25) is 0 Å². The van der Waals surface area contributed by atoms with Crippen LogP contribution in [0.2, 0.25) is 0 Å². The maximum absolute atomic E-state index is 10.9. The molecule has 3 nitrogen and oxygen atoms in total. The van der Waals surface area contributed by atoms with Gasteiger partial charge in [-0.2, -0.15) is 0 Å². The molecule has 0 radical (unpaired) electrons. The molecule has 5 heteroatoms. The van der Waals surface area contributed by atoms with Crippen LogP contribution in [-0.4, -0.2) is 15.9 Å². The first kappa shape index (κ1) is 12.5. The highest BCUT2D eigenvalue weighted by atomic mass is 79.9. The molecule has 0 saturated heterocycles. The van der Waals surface area contributed by atoms with Crippen molar-refractivity contribution >= 4 is 38.9 Å². The average molecular weight is 292 g/mol. The predicted octanol–water partition coefficient (Wildman–Crippen LogP) is 3.13. The smallest absolute Gasteiger partial charge is 0.346 e. The first-order chi connectivity index (χ1) is 7.02. The molecular formula is C10H14BrNO2S. The van der Waals surface area contributed by atoms with Crippen molar-refractivity contribution in [1.29, 1.82) is 0 Å². The number of nitrogen functional groups attached to an aromatic ring is 1. The number of halogens is 1. The Hall–Kier alpha value is -0.550. The van der Waals surface area contributed by atoms with E-state index in [1.165, 1.54) is 11.3 Å². The number of thiophene rings is 1. The highest BCUT2D eigenvalue weighted by molar-refractivity contribution is 9.09. The zero-order chi connectivity index (χ0) is 11.4. The van der Waals surface area contributed by atoms with Crippen LogP contribution >= 0.6 is 27.3 Å². The Morgan fingerprint density at radius 1 is 1.73 bits per heavy atom. The highest BCUT2D eigenvalue weighted by Crippen LogP contribution is 2.27. The highest BCUT2D eigenvalue weighted by Gasteiger charge is 2.15. The molecule has 1 heterocycles. The van der Waals surface area contributed by atoms with Gasteiger partial charge < -0.3 is 10.8 Å². The third-order valence-corrected chi connectivity index (χ3v) is 3.64. The predicted molar refractivity (Wildman–Crippen MR) is 67.0 cm³/mol. The largest absolute Gasteiger partial charge is 0.477 e. The zero-order valence-corrected chi connectivity index (χ0v) is 10.9. The number of hydrogen-bond donors (Lipinski definition) is 2. The molecule has 1 aromatic rings. The minimum Gasteiger partial charge on any atom is -0.477 e. The molecule has 15 heavy (non-hydrogen) atoms. The van der Waals surface area contributed by atoms with Crippen molar-refractivity contribution in [1.82, 2.24) is 0 Å². The van der Waals surface area contributed by atoms with E-state index in [9.17, 15) is 4.79 Å². The van der Waals surface area contributed by atoms with Crippen molar-refractivity contribution in [2.24, 2.45) is 0 Å². The monoisotopic (exact) mass is 291 g/mol. The Morgan fingerprint density at radius 3 is 2.93 bits per heavy atom. The molecule has 0 aromatic carbocycles. The summed E-state index contributed by atoms with van der Waals surface area (Å²) in [7, 11) is 0. The molecule has 0 spiro atoms. The Bertz CT molecular complexity index is 349. The molecule has 1 aromatic heterocycles. The second-order valence-corrected chi connectivity index (χ2v) is 5.92. The Labute approximate surface area is 101 Å². The molecular weight excluding hydrogens is 278 g/mol. The summed E-state index contributed by atoms with van der Waals surface area (Å²) < 4.78 is 0. The van der Waals surface area contributed by atoms with Gasteiger partial charge in [-0.25, -0.2) is 4.79 Å². The van der Waals surface area contributed by atoms with E-state index in [1.54, 1.807) is 5.38 Å². The second kappa shape index (κ2) is 5.51. The van der Waals surface area contributed by atoms with Crippen molar-refractivity contribution in [3.05, 3.63) is 15.8 Å². The fraction of sp³-hybridized carbons (Fsp3) is 0.500. The molecule has 0 aliphatic rings. The first-order valence-electron chi connectivity index (χ1n) is 4.75. The van der Waals surface area contributed by atoms with Crippen LogP contribution in [0.3, 0.4) is 0 Å². The van der Waals surface area contributed by atoms with Crippen molar-refractivity contribution in [3.63, 3.8) is 0 Å². The fourth-order valence-corrected chi connectivity index (χ4v) is 2.57. The molecule has 0 bridgehead atoms. The lowest BCUT2D eigenvalue weighted by Crippen LogP contribution is -2.01. The van der Waals surface area contributed by atoms with E-state index in [0.29, 0.717) is 15.4 Å². The number of carbonyl (C=O) groups is 1. The molecule has 0 amide bonds. The molecule has 1 atom stereocenters. The summed E-state index contributed by atoms with van der Waals surface area (Å²) in [5, 5.41) is 10.6. The molecule has 0 aliphatic heterocycles. The summed E-state index contributed by atoms with van der Waals surface area (Å²) in [4.78, 5) is 11.7. The van der Waals surface area contributed by atoms with Crippen molar-refractivity contribution in [3.8, 4) is 0 Å². The van der Waals surface area contributed by atoms with Crippen LogP contribution in [0.4, 0.5) is 5.69 Å². The number of hydrogen-bond acceptors (Lipinski definition) is 3. The van der Waals surface area contributed by atoms with Gasteiger partial charge in [0.2, 0.25) is 0 Å². The molecule has 0 aliphatic carbocycles. The summed E-state index contributed by atoms with van der Waals surface area (Å²) in [5.74, 6) is -0.876. The van der Waals surface area contributed by atoms with Gasteiger partial charge in [0, 0.05) is 21.5 Å². The molecule has 1 unspecified atom stereocenters. The topological polar surface area (TPSA) is 63.3 Å². The van der Waals surface area contributed by atoms with Gasteiger partial charge in [-0.1, -0.05) is 22.9 Å². The maximum atomic E-state index is 10.9. The van der Waals surface area contributed by atoms with Gasteiger partial charge in [-0.15, -0.1) is 11.3 Å². The summed E-state index contributed by atoms with van der Waals surface area (Å²) in [6, 6.07) is 0. The lowest BCUT2D eigenvalue weighted by Gasteiger charge is -2.04. The Morgan fingerprint density at radius 2 is 2.40 bits per heavy atom. The van der Waals surface area contributed by atoms with E-state index in [2.05, 4.69) is 22.9 Å². The average Bonchev–Trinajstić information content (AvgIpc) is 2.47. The van der Waals surface area contributed by atoms with Crippen LogP contribution < -0.4 is 5.73 Å². The van der Waals surface area contributed by atoms with Gasteiger partial charge in [0.25, 0.3) is 0 Å². The number of nitrogens with two attached hydrogens (primary N) is 1. The third kappa shape index (κ3) is 3.50. The number of rotatable bonds is 5. The van der Waals surface area contributed by atoms with Crippen LogP contribution in [0.5, 0.6) is 0 Å². The first-order valence-corrected chi connectivity index (χ1v) is 6.55. The number of aromatic carboxylic acids is 1. The third-order valence-electron chi connectivity index (χ3n) is 2.15. The van der Waals surface area contributed by atoms with E-state index in [-0.39, 0.29) is 0 Å². The van der Waals surface area contributed by atoms with Crippen molar-refractivity contribution in [2.45, 2.75) is 31.0 Å². The second-order valence-electron chi connectivity index (χ2n) is 3.48. The summed E-state index contributed by atoms with van der Waals surface area (Å²) >= 11 is 4.67. The van der Waals surface area contributed by atoms with Crippen molar-refractivity contribution in [2.75, 3.05) is 5.73 Å². The fourth-order valence-electron chi connectivity index (χ4n) is 1.39. The SMILES string of the molecule is CC(Br)CCCc1c(N)csc1C(=O)O. The number of carboxylic acid groups (broad SMARTS) is 1. The number of alkyl halides is 1. The van der Waals surface area contributed by atoms with E-state index < -0.39 is 5.97 Å².